The van der Waals surface area contributed by atoms with Crippen LogP contribution in [0.25, 0.3) is 5.65 Å². The Hall–Kier alpha value is -2.69. The van der Waals surface area contributed by atoms with Crippen LogP contribution < -0.4 is 4.74 Å². The predicted octanol–water partition coefficient (Wildman–Crippen LogP) is 2.14. The molecule has 20 heavy (non-hydrogen) atoms. The van der Waals surface area contributed by atoms with Crippen LogP contribution in [0.1, 0.15) is 21.7 Å². The minimum atomic E-state index is 0.534. The van der Waals surface area contributed by atoms with E-state index in [2.05, 4.69) is 10.1 Å². The first kappa shape index (κ1) is 12.3. The number of fused-ring (bicyclic) bond motifs is 1. The first-order chi connectivity index (χ1) is 9.81. The standard InChI is InChI=1S/C15H13N3O2/c1-20-13-7-3-2-5-11(13)9-14-16-15-12(10-19)6-4-8-18(15)17-14/h2-8,10H,9H2,1H3. The number of hydrogen-bond acceptors (Lipinski definition) is 4. The smallest absolute Gasteiger partial charge is 0.166 e. The highest BCUT2D eigenvalue weighted by atomic mass is 16.5. The maximum atomic E-state index is 11.0. The Balaban J connectivity index is 2.01. The second-order valence-electron chi connectivity index (χ2n) is 4.37. The van der Waals surface area contributed by atoms with Crippen LogP contribution in [-0.4, -0.2) is 28.0 Å². The Morgan fingerprint density at radius 1 is 1.25 bits per heavy atom. The topological polar surface area (TPSA) is 56.5 Å². The lowest BCUT2D eigenvalue weighted by atomic mass is 10.1. The summed E-state index contributed by atoms with van der Waals surface area (Å²) in [6.45, 7) is 0. The van der Waals surface area contributed by atoms with Gasteiger partial charge in [-0.1, -0.05) is 18.2 Å². The summed E-state index contributed by atoms with van der Waals surface area (Å²) in [5, 5.41) is 4.38. The Morgan fingerprint density at radius 2 is 2.10 bits per heavy atom. The van der Waals surface area contributed by atoms with E-state index in [1.807, 2.05) is 24.3 Å². The summed E-state index contributed by atoms with van der Waals surface area (Å²) < 4.78 is 6.94. The van der Waals surface area contributed by atoms with E-state index in [1.54, 1.807) is 30.0 Å². The van der Waals surface area contributed by atoms with Gasteiger partial charge in [0.15, 0.2) is 17.8 Å². The van der Waals surface area contributed by atoms with E-state index in [9.17, 15) is 4.79 Å². The molecule has 0 amide bonds. The zero-order chi connectivity index (χ0) is 13.9. The van der Waals surface area contributed by atoms with E-state index < -0.39 is 0 Å². The lowest BCUT2D eigenvalue weighted by Gasteiger charge is -2.05. The fourth-order valence-corrected chi connectivity index (χ4v) is 2.16. The van der Waals surface area contributed by atoms with Gasteiger partial charge in [0.2, 0.25) is 0 Å². The SMILES string of the molecule is COc1ccccc1Cc1nc2c(C=O)cccn2n1. The van der Waals surface area contributed by atoms with Gasteiger partial charge in [0, 0.05) is 18.2 Å². The lowest BCUT2D eigenvalue weighted by molar-refractivity contribution is 0.112. The molecule has 1 aromatic carbocycles. The first-order valence-electron chi connectivity index (χ1n) is 6.23. The molecule has 0 aliphatic carbocycles. The van der Waals surface area contributed by atoms with Crippen molar-refractivity contribution >= 4 is 11.9 Å². The minimum absolute atomic E-state index is 0.534. The van der Waals surface area contributed by atoms with Crippen LogP contribution in [0.2, 0.25) is 0 Å². The van der Waals surface area contributed by atoms with Gasteiger partial charge in [-0.05, 0) is 18.2 Å². The molecule has 0 unspecified atom stereocenters. The highest BCUT2D eigenvalue weighted by Gasteiger charge is 2.10. The number of carbonyl (C=O) groups excluding carboxylic acids is 1. The van der Waals surface area contributed by atoms with E-state index in [0.717, 1.165) is 17.6 Å². The average molecular weight is 267 g/mol. The molecule has 0 atom stereocenters. The largest absolute Gasteiger partial charge is 0.496 e. The number of aldehydes is 1. The van der Waals surface area contributed by atoms with Gasteiger partial charge < -0.3 is 4.74 Å². The highest BCUT2D eigenvalue weighted by Crippen LogP contribution is 2.20. The number of aromatic nitrogens is 3. The van der Waals surface area contributed by atoms with E-state index in [0.29, 0.717) is 23.5 Å². The van der Waals surface area contributed by atoms with Gasteiger partial charge >= 0.3 is 0 Å². The summed E-state index contributed by atoms with van der Waals surface area (Å²) in [6, 6.07) is 11.3. The monoisotopic (exact) mass is 267 g/mol. The second-order valence-corrected chi connectivity index (χ2v) is 4.37. The Labute approximate surface area is 115 Å². The van der Waals surface area contributed by atoms with Crippen LogP contribution >= 0.6 is 0 Å². The summed E-state index contributed by atoms with van der Waals surface area (Å²) in [5.74, 6) is 1.46. The number of para-hydroxylation sites is 1. The van der Waals surface area contributed by atoms with Crippen molar-refractivity contribution in [3.05, 3.63) is 59.5 Å². The van der Waals surface area contributed by atoms with Crippen LogP contribution in [0.3, 0.4) is 0 Å². The molecule has 0 saturated heterocycles. The fraction of sp³-hybridized carbons (Fsp3) is 0.133. The number of benzene rings is 1. The Kier molecular flexibility index (Phi) is 3.16. The van der Waals surface area contributed by atoms with E-state index in [4.69, 9.17) is 4.74 Å². The Morgan fingerprint density at radius 3 is 2.90 bits per heavy atom. The zero-order valence-corrected chi connectivity index (χ0v) is 11.0. The zero-order valence-electron chi connectivity index (χ0n) is 11.0. The quantitative estimate of drug-likeness (QED) is 0.680. The molecule has 2 aromatic heterocycles. The maximum absolute atomic E-state index is 11.0. The van der Waals surface area contributed by atoms with Crippen LogP contribution in [-0.2, 0) is 6.42 Å². The molecule has 0 aliphatic rings. The number of carbonyl (C=O) groups is 1. The lowest BCUT2D eigenvalue weighted by Crippen LogP contribution is -1.95. The number of hydrogen-bond donors (Lipinski definition) is 0. The molecule has 0 N–H and O–H groups in total. The van der Waals surface area contributed by atoms with E-state index in [1.165, 1.54) is 0 Å². The van der Waals surface area contributed by atoms with Crippen molar-refractivity contribution in [2.45, 2.75) is 6.42 Å². The van der Waals surface area contributed by atoms with Crippen LogP contribution in [0.4, 0.5) is 0 Å². The summed E-state index contributed by atoms with van der Waals surface area (Å²) >= 11 is 0. The van der Waals surface area contributed by atoms with Gasteiger partial charge in [-0.2, -0.15) is 5.10 Å². The molecule has 0 saturated carbocycles. The molecule has 0 fully saturated rings. The van der Waals surface area contributed by atoms with Gasteiger partial charge in [-0.15, -0.1) is 0 Å². The molecule has 3 rings (SSSR count). The molecule has 2 heterocycles. The number of nitrogens with zero attached hydrogens (tertiary/aromatic N) is 3. The van der Waals surface area contributed by atoms with Gasteiger partial charge in [-0.3, -0.25) is 4.79 Å². The maximum Gasteiger partial charge on any atom is 0.166 e. The molecule has 0 radical (unpaired) electrons. The summed E-state index contributed by atoms with van der Waals surface area (Å²) in [4.78, 5) is 15.4. The third kappa shape index (κ3) is 2.14. The molecule has 0 aliphatic heterocycles. The van der Waals surface area contributed by atoms with Crippen molar-refractivity contribution < 1.29 is 9.53 Å². The van der Waals surface area contributed by atoms with Crippen LogP contribution in [0.5, 0.6) is 5.75 Å². The van der Waals surface area contributed by atoms with Gasteiger partial charge in [0.1, 0.15) is 5.75 Å². The van der Waals surface area contributed by atoms with E-state index in [-0.39, 0.29) is 0 Å². The van der Waals surface area contributed by atoms with Crippen molar-refractivity contribution in [1.82, 2.24) is 14.6 Å². The summed E-state index contributed by atoms with van der Waals surface area (Å²) in [5.41, 5.74) is 2.12. The van der Waals surface area contributed by atoms with Crippen molar-refractivity contribution in [1.29, 1.82) is 0 Å². The molecule has 5 nitrogen and oxygen atoms in total. The average Bonchev–Trinajstić information content (AvgIpc) is 2.90. The van der Waals surface area contributed by atoms with Crippen molar-refractivity contribution in [3.63, 3.8) is 0 Å². The second kappa shape index (κ2) is 5.13. The van der Waals surface area contributed by atoms with Crippen LogP contribution in [0.15, 0.2) is 42.6 Å². The number of ether oxygens (including phenoxy) is 1. The van der Waals surface area contributed by atoms with Crippen molar-refractivity contribution in [3.8, 4) is 5.75 Å². The molecular formula is C15H13N3O2. The number of rotatable bonds is 4. The normalized spacial score (nSPS) is 10.7. The molecule has 0 bridgehead atoms. The molecule has 3 aromatic rings. The minimum Gasteiger partial charge on any atom is -0.496 e. The first-order valence-corrected chi connectivity index (χ1v) is 6.23. The van der Waals surface area contributed by atoms with Gasteiger partial charge in [0.05, 0.1) is 12.7 Å². The molecular weight excluding hydrogens is 254 g/mol. The molecule has 0 spiro atoms. The number of pyridine rings is 1. The molecule has 100 valence electrons. The molecule has 5 heteroatoms. The highest BCUT2D eigenvalue weighted by molar-refractivity contribution is 5.83. The number of methoxy groups -OCH3 is 1. The Bertz CT molecular complexity index is 765. The van der Waals surface area contributed by atoms with Gasteiger partial charge in [-0.25, -0.2) is 9.50 Å². The van der Waals surface area contributed by atoms with Gasteiger partial charge in [0.25, 0.3) is 0 Å². The van der Waals surface area contributed by atoms with Crippen molar-refractivity contribution in [2.24, 2.45) is 0 Å². The fourth-order valence-electron chi connectivity index (χ4n) is 2.16. The van der Waals surface area contributed by atoms with Crippen LogP contribution in [0, 0.1) is 0 Å². The predicted molar refractivity (Wildman–Crippen MR) is 74.2 cm³/mol. The third-order valence-electron chi connectivity index (χ3n) is 3.10. The summed E-state index contributed by atoms with van der Waals surface area (Å²) in [7, 11) is 1.64. The van der Waals surface area contributed by atoms with Crippen molar-refractivity contribution in [2.75, 3.05) is 7.11 Å². The van der Waals surface area contributed by atoms with E-state index >= 15 is 0 Å². The summed E-state index contributed by atoms with van der Waals surface area (Å²) in [6.07, 6.45) is 3.13. The third-order valence-corrected chi connectivity index (χ3v) is 3.10.